The minimum atomic E-state index is 0.541. The van der Waals surface area contributed by atoms with Crippen molar-refractivity contribution in [3.05, 3.63) is 59.7 Å². The van der Waals surface area contributed by atoms with Crippen molar-refractivity contribution in [2.45, 2.75) is 0 Å². The summed E-state index contributed by atoms with van der Waals surface area (Å²) in [5.41, 5.74) is 4.45. The van der Waals surface area contributed by atoms with Gasteiger partial charge >= 0.3 is 0 Å². The number of benzene rings is 2. The zero-order valence-electron chi connectivity index (χ0n) is 13.7. The topological polar surface area (TPSA) is 36.9 Å². The lowest BCUT2D eigenvalue weighted by Gasteiger charge is -2.25. The number of hydrogen-bond donors (Lipinski definition) is 0. The number of fused-ring (bicyclic) bond motifs is 2. The van der Waals surface area contributed by atoms with Crippen LogP contribution in [-0.4, -0.2) is 27.4 Å². The number of methoxy groups -OCH3 is 2. The van der Waals surface area contributed by atoms with Crippen molar-refractivity contribution >= 4 is 11.1 Å². The van der Waals surface area contributed by atoms with E-state index in [0.717, 1.165) is 45.3 Å². The second-order valence-corrected chi connectivity index (χ2v) is 5.58. The van der Waals surface area contributed by atoms with E-state index in [2.05, 4.69) is 12.2 Å². The molecule has 24 heavy (non-hydrogen) atoms. The van der Waals surface area contributed by atoms with Crippen LogP contribution in [0.4, 0.5) is 0 Å². The molecule has 4 nitrogen and oxygen atoms in total. The molecule has 2 heterocycles. The van der Waals surface area contributed by atoms with Crippen LogP contribution >= 0.6 is 0 Å². The van der Waals surface area contributed by atoms with Crippen LogP contribution in [0.3, 0.4) is 0 Å². The lowest BCUT2D eigenvalue weighted by atomic mass is 9.89. The van der Waals surface area contributed by atoms with Crippen molar-refractivity contribution in [3.8, 4) is 23.0 Å². The van der Waals surface area contributed by atoms with Gasteiger partial charge in [0, 0.05) is 23.3 Å². The SMILES string of the molecule is COc1ccc2c(c1)OCC=C2C1=CCOc2cc(OC)ccc21. The third-order valence-corrected chi connectivity index (χ3v) is 4.30. The molecule has 122 valence electrons. The van der Waals surface area contributed by atoms with Crippen molar-refractivity contribution in [2.75, 3.05) is 27.4 Å². The highest BCUT2D eigenvalue weighted by Gasteiger charge is 2.23. The van der Waals surface area contributed by atoms with Gasteiger partial charge in [-0.1, -0.05) is 0 Å². The first-order valence-corrected chi connectivity index (χ1v) is 7.83. The van der Waals surface area contributed by atoms with E-state index in [1.54, 1.807) is 14.2 Å². The van der Waals surface area contributed by atoms with E-state index in [1.807, 2.05) is 36.4 Å². The molecule has 4 heteroatoms. The standard InChI is InChI=1S/C20H18O4/c1-21-13-3-5-17-15(7-9-23-19(17)11-13)16-8-10-24-20-12-14(22-2)4-6-18(16)20/h3-8,11-12H,9-10H2,1-2H3. The van der Waals surface area contributed by atoms with E-state index >= 15 is 0 Å². The van der Waals surface area contributed by atoms with E-state index in [0.29, 0.717) is 13.2 Å². The van der Waals surface area contributed by atoms with Crippen molar-refractivity contribution in [2.24, 2.45) is 0 Å². The summed E-state index contributed by atoms with van der Waals surface area (Å²) in [5, 5.41) is 0. The Morgan fingerprint density at radius 1 is 0.708 bits per heavy atom. The fourth-order valence-corrected chi connectivity index (χ4v) is 3.10. The Hall–Kier alpha value is -2.88. The van der Waals surface area contributed by atoms with Gasteiger partial charge in [-0.3, -0.25) is 0 Å². The van der Waals surface area contributed by atoms with Gasteiger partial charge in [0.05, 0.1) is 14.2 Å². The summed E-state index contributed by atoms with van der Waals surface area (Å²) >= 11 is 0. The maximum atomic E-state index is 5.78. The van der Waals surface area contributed by atoms with Crippen LogP contribution in [0.25, 0.3) is 11.1 Å². The maximum Gasteiger partial charge on any atom is 0.131 e. The van der Waals surface area contributed by atoms with Gasteiger partial charge in [0.2, 0.25) is 0 Å². The quantitative estimate of drug-likeness (QED) is 0.857. The minimum Gasteiger partial charge on any atom is -0.497 e. The van der Waals surface area contributed by atoms with Crippen LogP contribution < -0.4 is 18.9 Å². The first kappa shape index (κ1) is 14.7. The Bertz CT molecular complexity index is 777. The summed E-state index contributed by atoms with van der Waals surface area (Å²) in [5.74, 6) is 3.27. The Morgan fingerprint density at radius 3 is 1.58 bits per heavy atom. The van der Waals surface area contributed by atoms with Gasteiger partial charge in [-0.15, -0.1) is 0 Å². The number of hydrogen-bond acceptors (Lipinski definition) is 4. The summed E-state index contributed by atoms with van der Waals surface area (Å²) < 4.78 is 22.1. The van der Waals surface area contributed by atoms with Gasteiger partial charge in [0.15, 0.2) is 0 Å². The molecule has 0 saturated carbocycles. The zero-order chi connectivity index (χ0) is 16.5. The third-order valence-electron chi connectivity index (χ3n) is 4.30. The summed E-state index contributed by atoms with van der Waals surface area (Å²) in [7, 11) is 3.32. The summed E-state index contributed by atoms with van der Waals surface area (Å²) in [6.45, 7) is 1.08. The molecule has 0 radical (unpaired) electrons. The largest absolute Gasteiger partial charge is 0.497 e. The minimum absolute atomic E-state index is 0.541. The van der Waals surface area contributed by atoms with Gasteiger partial charge < -0.3 is 18.9 Å². The van der Waals surface area contributed by atoms with Crippen LogP contribution in [-0.2, 0) is 0 Å². The Labute approximate surface area is 140 Å². The Kier molecular flexibility index (Phi) is 3.65. The van der Waals surface area contributed by atoms with Gasteiger partial charge in [-0.25, -0.2) is 0 Å². The monoisotopic (exact) mass is 322 g/mol. The fraction of sp³-hybridized carbons (Fsp3) is 0.200. The molecule has 0 bridgehead atoms. The molecule has 2 aromatic carbocycles. The molecule has 0 spiro atoms. The molecular weight excluding hydrogens is 304 g/mol. The predicted octanol–water partition coefficient (Wildman–Crippen LogP) is 3.96. The van der Waals surface area contributed by atoms with Crippen LogP contribution in [0.1, 0.15) is 11.1 Å². The van der Waals surface area contributed by atoms with Crippen LogP contribution in [0, 0.1) is 0 Å². The molecule has 4 rings (SSSR count). The lowest BCUT2D eigenvalue weighted by molar-refractivity contribution is 0.349. The smallest absolute Gasteiger partial charge is 0.131 e. The normalized spacial score (nSPS) is 15.1. The molecule has 0 aromatic heterocycles. The highest BCUT2D eigenvalue weighted by molar-refractivity contribution is 6.08. The van der Waals surface area contributed by atoms with E-state index in [1.165, 1.54) is 0 Å². The second kappa shape index (κ2) is 5.96. The van der Waals surface area contributed by atoms with Gasteiger partial charge in [0.1, 0.15) is 36.2 Å². The van der Waals surface area contributed by atoms with Crippen LogP contribution in [0.15, 0.2) is 48.6 Å². The van der Waals surface area contributed by atoms with Crippen molar-refractivity contribution in [1.29, 1.82) is 0 Å². The molecule has 2 aliphatic heterocycles. The first-order valence-electron chi connectivity index (χ1n) is 7.83. The molecule has 2 aromatic rings. The molecule has 0 aliphatic carbocycles. The van der Waals surface area contributed by atoms with Gasteiger partial charge in [-0.05, 0) is 47.6 Å². The maximum absolute atomic E-state index is 5.78. The van der Waals surface area contributed by atoms with Crippen LogP contribution in [0.2, 0.25) is 0 Å². The zero-order valence-corrected chi connectivity index (χ0v) is 13.7. The van der Waals surface area contributed by atoms with Gasteiger partial charge in [0.25, 0.3) is 0 Å². The highest BCUT2D eigenvalue weighted by atomic mass is 16.5. The first-order chi connectivity index (χ1) is 11.8. The third kappa shape index (κ3) is 2.40. The fourth-order valence-electron chi connectivity index (χ4n) is 3.10. The Balaban J connectivity index is 1.78. The highest BCUT2D eigenvalue weighted by Crippen LogP contribution is 2.44. The molecule has 0 atom stereocenters. The number of rotatable bonds is 3. The molecular formula is C20H18O4. The molecule has 0 unspecified atom stereocenters. The van der Waals surface area contributed by atoms with Crippen molar-refractivity contribution in [3.63, 3.8) is 0 Å². The predicted molar refractivity (Wildman–Crippen MR) is 92.9 cm³/mol. The average molecular weight is 322 g/mol. The Morgan fingerprint density at radius 2 is 1.17 bits per heavy atom. The lowest BCUT2D eigenvalue weighted by Crippen LogP contribution is -2.10. The average Bonchev–Trinajstić information content (AvgIpc) is 2.66. The van der Waals surface area contributed by atoms with Crippen molar-refractivity contribution in [1.82, 2.24) is 0 Å². The molecule has 2 aliphatic rings. The van der Waals surface area contributed by atoms with E-state index < -0.39 is 0 Å². The molecule has 0 saturated heterocycles. The number of ether oxygens (including phenoxy) is 4. The molecule has 0 N–H and O–H groups in total. The summed E-state index contributed by atoms with van der Waals surface area (Å²) in [6.07, 6.45) is 4.22. The number of allylic oxidation sites excluding steroid dienone is 2. The van der Waals surface area contributed by atoms with E-state index in [4.69, 9.17) is 18.9 Å². The van der Waals surface area contributed by atoms with E-state index in [-0.39, 0.29) is 0 Å². The van der Waals surface area contributed by atoms with Crippen molar-refractivity contribution < 1.29 is 18.9 Å². The molecule has 0 fully saturated rings. The van der Waals surface area contributed by atoms with Gasteiger partial charge in [-0.2, -0.15) is 0 Å². The van der Waals surface area contributed by atoms with E-state index in [9.17, 15) is 0 Å². The second-order valence-electron chi connectivity index (χ2n) is 5.58. The summed E-state index contributed by atoms with van der Waals surface area (Å²) in [4.78, 5) is 0. The summed E-state index contributed by atoms with van der Waals surface area (Å²) in [6, 6.07) is 11.8. The molecule has 0 amide bonds. The van der Waals surface area contributed by atoms with Crippen LogP contribution in [0.5, 0.6) is 23.0 Å².